The fourth-order valence-corrected chi connectivity index (χ4v) is 5.91. The van der Waals surface area contributed by atoms with Gasteiger partial charge in [0.1, 0.15) is 0 Å². The van der Waals surface area contributed by atoms with E-state index in [9.17, 15) is 10.1 Å². The van der Waals surface area contributed by atoms with Gasteiger partial charge >= 0.3 is 0 Å². The van der Waals surface area contributed by atoms with Gasteiger partial charge in [-0.25, -0.2) is 0 Å². The highest BCUT2D eigenvalue weighted by atomic mass is 16.6. The molecule has 8 nitrogen and oxygen atoms in total. The predicted molar refractivity (Wildman–Crippen MR) is 169 cm³/mol. The van der Waals surface area contributed by atoms with Crippen molar-refractivity contribution in [2.45, 2.75) is 53.4 Å². The highest BCUT2D eigenvalue weighted by Crippen LogP contribution is 2.26. The Bertz CT molecular complexity index is 975. The zero-order chi connectivity index (χ0) is 28.9. The molecule has 2 aromatic rings. The first kappa shape index (κ1) is 31.7. The number of nitrogen functional groups attached to an aromatic ring is 1. The summed E-state index contributed by atoms with van der Waals surface area (Å²) < 4.78 is 0. The molecule has 2 fully saturated rings. The van der Waals surface area contributed by atoms with Crippen molar-refractivity contribution in [3.05, 3.63) is 58.6 Å². The second-order valence-electron chi connectivity index (χ2n) is 11.2. The molecule has 40 heavy (non-hydrogen) atoms. The van der Waals surface area contributed by atoms with E-state index in [1.165, 1.54) is 70.6 Å². The Morgan fingerprint density at radius 3 is 1.38 bits per heavy atom. The molecule has 0 amide bonds. The molecule has 2 heterocycles. The van der Waals surface area contributed by atoms with Crippen molar-refractivity contribution in [3.63, 3.8) is 0 Å². The Kier molecular flexibility index (Phi) is 13.0. The molecular formula is C32H52N6O2. The third kappa shape index (κ3) is 9.66. The van der Waals surface area contributed by atoms with E-state index in [0.29, 0.717) is 0 Å². The number of nitrogens with two attached hydrogens (primary N) is 1. The molecule has 0 bridgehead atoms. The van der Waals surface area contributed by atoms with Gasteiger partial charge in [0.25, 0.3) is 5.69 Å². The SMILES string of the molecule is CCN(CC)CC1CCN(c2ccc(N)cc2)CC1.CCN(CC)CC1CCN(c2ccc([N+](=O)[O-])cc2)CC1. The summed E-state index contributed by atoms with van der Waals surface area (Å²) in [5, 5.41) is 10.7. The molecule has 222 valence electrons. The lowest BCUT2D eigenvalue weighted by Gasteiger charge is -2.35. The predicted octanol–water partition coefficient (Wildman–Crippen LogP) is 5.98. The van der Waals surface area contributed by atoms with Crippen molar-refractivity contribution in [1.82, 2.24) is 9.80 Å². The third-order valence-corrected chi connectivity index (χ3v) is 8.73. The van der Waals surface area contributed by atoms with Gasteiger partial charge < -0.3 is 25.3 Å². The Hall–Kier alpha value is -2.84. The molecular weight excluding hydrogens is 500 g/mol. The summed E-state index contributed by atoms with van der Waals surface area (Å²) in [7, 11) is 0. The van der Waals surface area contributed by atoms with Crippen molar-refractivity contribution in [2.24, 2.45) is 11.8 Å². The fraction of sp³-hybridized carbons (Fsp3) is 0.625. The van der Waals surface area contributed by atoms with Gasteiger partial charge in [0.15, 0.2) is 0 Å². The summed E-state index contributed by atoms with van der Waals surface area (Å²) in [5.41, 5.74) is 9.16. The normalized spacial score (nSPS) is 16.8. The summed E-state index contributed by atoms with van der Waals surface area (Å²) in [6.45, 7) is 20.5. The number of non-ortho nitro benzene ring substituents is 1. The number of piperidine rings is 2. The quantitative estimate of drug-likeness (QED) is 0.209. The largest absolute Gasteiger partial charge is 0.399 e. The van der Waals surface area contributed by atoms with Crippen LogP contribution in [0.2, 0.25) is 0 Å². The monoisotopic (exact) mass is 552 g/mol. The van der Waals surface area contributed by atoms with Crippen LogP contribution in [0, 0.1) is 22.0 Å². The Balaban J connectivity index is 0.000000222. The van der Waals surface area contributed by atoms with E-state index in [1.807, 2.05) is 24.3 Å². The van der Waals surface area contributed by atoms with Crippen LogP contribution in [0.1, 0.15) is 53.4 Å². The van der Waals surface area contributed by atoms with Crippen LogP contribution in [0.3, 0.4) is 0 Å². The molecule has 2 saturated heterocycles. The lowest BCUT2D eigenvalue weighted by Crippen LogP contribution is -2.38. The van der Waals surface area contributed by atoms with E-state index in [4.69, 9.17) is 5.73 Å². The maximum Gasteiger partial charge on any atom is 0.269 e. The van der Waals surface area contributed by atoms with Crippen molar-refractivity contribution in [2.75, 3.05) is 81.0 Å². The number of hydrogen-bond acceptors (Lipinski definition) is 7. The van der Waals surface area contributed by atoms with Gasteiger partial charge in [-0.1, -0.05) is 27.7 Å². The van der Waals surface area contributed by atoms with E-state index < -0.39 is 0 Å². The summed E-state index contributed by atoms with van der Waals surface area (Å²) in [4.78, 5) is 20.2. The van der Waals surface area contributed by atoms with E-state index in [2.05, 4.69) is 59.4 Å². The van der Waals surface area contributed by atoms with Crippen molar-refractivity contribution >= 4 is 22.7 Å². The first-order chi connectivity index (χ1) is 19.4. The smallest absolute Gasteiger partial charge is 0.269 e. The lowest BCUT2D eigenvalue weighted by molar-refractivity contribution is -0.384. The van der Waals surface area contributed by atoms with Crippen LogP contribution in [-0.2, 0) is 0 Å². The highest BCUT2D eigenvalue weighted by molar-refractivity contribution is 5.53. The van der Waals surface area contributed by atoms with Crippen LogP contribution < -0.4 is 15.5 Å². The molecule has 0 saturated carbocycles. The van der Waals surface area contributed by atoms with E-state index in [1.54, 1.807) is 12.1 Å². The number of benzene rings is 2. The number of rotatable bonds is 11. The Labute approximate surface area is 242 Å². The number of hydrogen-bond donors (Lipinski definition) is 1. The average Bonchev–Trinajstić information content (AvgIpc) is 3.00. The Morgan fingerprint density at radius 2 is 1.05 bits per heavy atom. The van der Waals surface area contributed by atoms with Gasteiger partial charge in [0.2, 0.25) is 0 Å². The number of nitrogens with zero attached hydrogens (tertiary/aromatic N) is 5. The minimum atomic E-state index is -0.347. The molecule has 2 N–H and O–H groups in total. The second-order valence-corrected chi connectivity index (χ2v) is 11.2. The second kappa shape index (κ2) is 16.4. The van der Waals surface area contributed by atoms with Gasteiger partial charge in [-0.3, -0.25) is 10.1 Å². The van der Waals surface area contributed by atoms with Crippen molar-refractivity contribution < 1.29 is 4.92 Å². The zero-order valence-electron chi connectivity index (χ0n) is 25.3. The van der Waals surface area contributed by atoms with Crippen molar-refractivity contribution in [1.29, 1.82) is 0 Å². The summed E-state index contributed by atoms with van der Waals surface area (Å²) >= 11 is 0. The minimum absolute atomic E-state index is 0.162. The van der Waals surface area contributed by atoms with E-state index in [0.717, 1.165) is 49.4 Å². The topological polar surface area (TPSA) is 82.1 Å². The Morgan fingerprint density at radius 1 is 0.700 bits per heavy atom. The molecule has 0 unspecified atom stereocenters. The highest BCUT2D eigenvalue weighted by Gasteiger charge is 2.22. The molecule has 2 aliphatic heterocycles. The van der Waals surface area contributed by atoms with Gasteiger partial charge in [-0.2, -0.15) is 0 Å². The van der Waals surface area contributed by atoms with E-state index >= 15 is 0 Å². The number of anilines is 3. The van der Waals surface area contributed by atoms with Crippen LogP contribution in [0.15, 0.2) is 48.5 Å². The molecule has 0 aromatic heterocycles. The van der Waals surface area contributed by atoms with Gasteiger partial charge in [0.05, 0.1) is 4.92 Å². The summed E-state index contributed by atoms with van der Waals surface area (Å²) in [6, 6.07) is 15.2. The average molecular weight is 553 g/mol. The minimum Gasteiger partial charge on any atom is -0.399 e. The third-order valence-electron chi connectivity index (χ3n) is 8.73. The van der Waals surface area contributed by atoms with Crippen LogP contribution in [-0.4, -0.2) is 80.2 Å². The van der Waals surface area contributed by atoms with Crippen LogP contribution >= 0.6 is 0 Å². The molecule has 0 spiro atoms. The molecule has 0 radical (unpaired) electrons. The zero-order valence-corrected chi connectivity index (χ0v) is 25.3. The first-order valence-corrected chi connectivity index (χ1v) is 15.4. The van der Waals surface area contributed by atoms with Gasteiger partial charge in [-0.05, 0) is 100 Å². The summed E-state index contributed by atoms with van der Waals surface area (Å²) in [5.74, 6) is 1.64. The maximum absolute atomic E-state index is 10.7. The lowest BCUT2D eigenvalue weighted by atomic mass is 9.95. The van der Waals surface area contributed by atoms with E-state index in [-0.39, 0.29) is 10.6 Å². The van der Waals surface area contributed by atoms with Gasteiger partial charge in [0, 0.05) is 68.5 Å². The molecule has 2 aromatic carbocycles. The molecule has 4 rings (SSSR count). The number of nitro benzene ring substituents is 1. The molecule has 8 heteroatoms. The standard InChI is InChI=1S/C16H25N3O2.C16H27N3/c1-3-17(4-2)13-14-9-11-18(12-10-14)15-5-7-16(8-6-15)19(20)21;1-3-18(4-2)13-14-9-11-19(12-10-14)16-7-5-15(17)6-8-16/h5-8,14H,3-4,9-13H2,1-2H3;5-8,14H,3-4,9-13,17H2,1-2H3. The van der Waals surface area contributed by atoms with Crippen LogP contribution in [0.4, 0.5) is 22.7 Å². The molecule has 0 atom stereocenters. The van der Waals surface area contributed by atoms with Gasteiger partial charge in [-0.15, -0.1) is 0 Å². The van der Waals surface area contributed by atoms with Crippen molar-refractivity contribution in [3.8, 4) is 0 Å². The molecule has 2 aliphatic rings. The first-order valence-electron chi connectivity index (χ1n) is 15.4. The number of nitro groups is 1. The van der Waals surface area contributed by atoms with Crippen LogP contribution in [0.5, 0.6) is 0 Å². The molecule has 0 aliphatic carbocycles. The van der Waals surface area contributed by atoms with Crippen LogP contribution in [0.25, 0.3) is 0 Å². The maximum atomic E-state index is 10.7. The summed E-state index contributed by atoms with van der Waals surface area (Å²) in [6.07, 6.45) is 5.02. The fourth-order valence-electron chi connectivity index (χ4n) is 5.91.